The van der Waals surface area contributed by atoms with E-state index in [0.717, 1.165) is 13.0 Å². The highest BCUT2D eigenvalue weighted by Crippen LogP contribution is 2.32. The fourth-order valence-corrected chi connectivity index (χ4v) is 2.39. The van der Waals surface area contributed by atoms with E-state index in [1.54, 1.807) is 0 Å². The van der Waals surface area contributed by atoms with Crippen LogP contribution in [-0.2, 0) is 4.79 Å². The van der Waals surface area contributed by atoms with Crippen LogP contribution in [0.5, 0.6) is 0 Å². The fourth-order valence-electron chi connectivity index (χ4n) is 2.39. The Morgan fingerprint density at radius 3 is 2.87 bits per heavy atom. The Hall–Kier alpha value is -1.08. The van der Waals surface area contributed by atoms with E-state index in [0.29, 0.717) is 18.5 Å². The van der Waals surface area contributed by atoms with E-state index in [4.69, 9.17) is 5.26 Å². The molecule has 1 heterocycles. The number of nitrogens with zero attached hydrogens (tertiary/aromatic N) is 2. The molecule has 0 spiro atoms. The largest absolute Gasteiger partial charge is 0.355 e. The van der Waals surface area contributed by atoms with Gasteiger partial charge in [0.2, 0.25) is 5.91 Å². The second-order valence-electron chi connectivity index (χ2n) is 4.49. The van der Waals surface area contributed by atoms with E-state index in [1.807, 2.05) is 0 Å². The minimum Gasteiger partial charge on any atom is -0.355 e. The molecule has 0 radical (unpaired) electrons. The molecule has 2 aliphatic rings. The van der Waals surface area contributed by atoms with E-state index < -0.39 is 0 Å². The monoisotopic (exact) mass is 207 g/mol. The van der Waals surface area contributed by atoms with Gasteiger partial charge in [0.25, 0.3) is 0 Å². The van der Waals surface area contributed by atoms with E-state index in [2.05, 4.69) is 23.2 Å². The maximum Gasteiger partial charge on any atom is 0.238 e. The van der Waals surface area contributed by atoms with Crippen LogP contribution in [0.4, 0.5) is 0 Å². The lowest BCUT2D eigenvalue weighted by atomic mass is 10.1. The maximum atomic E-state index is 11.8. The second-order valence-corrected chi connectivity index (χ2v) is 4.49. The molecule has 2 rings (SSSR count). The Morgan fingerprint density at radius 2 is 2.27 bits per heavy atom. The second kappa shape index (κ2) is 4.19. The Bertz CT molecular complexity index is 293. The Balaban J connectivity index is 2.16. The molecule has 4 nitrogen and oxygen atoms in total. The molecule has 1 N–H and O–H groups in total. The van der Waals surface area contributed by atoms with Gasteiger partial charge < -0.3 is 5.32 Å². The molecule has 1 saturated carbocycles. The van der Waals surface area contributed by atoms with Crippen LogP contribution in [0.15, 0.2) is 0 Å². The van der Waals surface area contributed by atoms with E-state index in [-0.39, 0.29) is 11.9 Å². The van der Waals surface area contributed by atoms with Gasteiger partial charge in [-0.3, -0.25) is 9.69 Å². The predicted octanol–water partition coefficient (Wildman–Crippen LogP) is 0.641. The molecule has 0 aromatic carbocycles. The van der Waals surface area contributed by atoms with Gasteiger partial charge in [-0.15, -0.1) is 0 Å². The van der Waals surface area contributed by atoms with Gasteiger partial charge in [0.15, 0.2) is 0 Å². The normalized spacial score (nSPS) is 32.9. The number of rotatable bonds is 2. The molecule has 1 saturated heterocycles. The molecule has 2 atom stereocenters. The third-order valence-electron chi connectivity index (χ3n) is 3.29. The highest BCUT2D eigenvalue weighted by Gasteiger charge is 2.40. The van der Waals surface area contributed by atoms with E-state index in [1.165, 1.54) is 12.8 Å². The lowest BCUT2D eigenvalue weighted by molar-refractivity contribution is -0.126. The molecular weight excluding hydrogens is 190 g/mol. The van der Waals surface area contributed by atoms with Crippen LogP contribution in [0.1, 0.15) is 32.6 Å². The summed E-state index contributed by atoms with van der Waals surface area (Å²) in [4.78, 5) is 14.0. The van der Waals surface area contributed by atoms with E-state index in [9.17, 15) is 4.79 Å². The Labute approximate surface area is 90.2 Å². The maximum absolute atomic E-state index is 11.8. The van der Waals surface area contributed by atoms with Crippen LogP contribution in [0.25, 0.3) is 0 Å². The number of carbonyl (C=O) groups excluding carboxylic acids is 1. The van der Waals surface area contributed by atoms with Crippen molar-refractivity contribution < 1.29 is 4.79 Å². The first-order chi connectivity index (χ1) is 7.24. The molecule has 1 aliphatic heterocycles. The molecule has 2 unspecified atom stereocenters. The highest BCUT2D eigenvalue weighted by molar-refractivity contribution is 5.82. The average molecular weight is 207 g/mol. The molecule has 0 aromatic rings. The van der Waals surface area contributed by atoms with Crippen LogP contribution in [0, 0.1) is 11.3 Å². The average Bonchev–Trinajstić information content (AvgIpc) is 3.00. The molecule has 15 heavy (non-hydrogen) atoms. The number of nitriles is 1. The first-order valence-electron chi connectivity index (χ1n) is 5.66. The van der Waals surface area contributed by atoms with Gasteiger partial charge in [-0.05, 0) is 26.2 Å². The summed E-state index contributed by atoms with van der Waals surface area (Å²) in [5, 5.41) is 11.7. The third-order valence-corrected chi connectivity index (χ3v) is 3.29. The van der Waals surface area contributed by atoms with Gasteiger partial charge in [0, 0.05) is 18.6 Å². The number of carbonyl (C=O) groups is 1. The molecule has 1 amide bonds. The number of nitrogens with one attached hydrogen (secondary N) is 1. The van der Waals surface area contributed by atoms with Gasteiger partial charge in [-0.1, -0.05) is 0 Å². The van der Waals surface area contributed by atoms with Crippen molar-refractivity contribution in [3.05, 3.63) is 0 Å². The van der Waals surface area contributed by atoms with E-state index >= 15 is 0 Å². The van der Waals surface area contributed by atoms with Crippen LogP contribution >= 0.6 is 0 Å². The standard InChI is InChI=1S/C11H17N3O/c1-8-5-7-13-11(15)10(4-6-12)14(8)9-2-3-9/h8-10H,2-5,7H2,1H3,(H,13,15). The van der Waals surface area contributed by atoms with Crippen molar-refractivity contribution in [1.82, 2.24) is 10.2 Å². The smallest absolute Gasteiger partial charge is 0.238 e. The number of hydrogen-bond donors (Lipinski definition) is 1. The quantitative estimate of drug-likeness (QED) is 0.723. The van der Waals surface area contributed by atoms with Gasteiger partial charge >= 0.3 is 0 Å². The summed E-state index contributed by atoms with van der Waals surface area (Å²) in [6, 6.07) is 2.86. The summed E-state index contributed by atoms with van der Waals surface area (Å²) in [5.41, 5.74) is 0. The van der Waals surface area contributed by atoms with Gasteiger partial charge in [-0.25, -0.2) is 0 Å². The lowest BCUT2D eigenvalue weighted by Gasteiger charge is -2.31. The molecule has 82 valence electrons. The molecule has 0 bridgehead atoms. The molecule has 1 aliphatic carbocycles. The first-order valence-corrected chi connectivity index (χ1v) is 5.66. The molecule has 0 aromatic heterocycles. The summed E-state index contributed by atoms with van der Waals surface area (Å²) < 4.78 is 0. The van der Waals surface area contributed by atoms with Crippen LogP contribution in [0.2, 0.25) is 0 Å². The van der Waals surface area contributed by atoms with Gasteiger partial charge in [0.1, 0.15) is 6.04 Å². The fraction of sp³-hybridized carbons (Fsp3) is 0.818. The third kappa shape index (κ3) is 2.13. The van der Waals surface area contributed by atoms with Crippen LogP contribution in [0.3, 0.4) is 0 Å². The van der Waals surface area contributed by atoms with Gasteiger partial charge in [-0.2, -0.15) is 5.26 Å². The summed E-state index contributed by atoms with van der Waals surface area (Å²) in [5.74, 6) is 0.0350. The minimum atomic E-state index is -0.222. The zero-order valence-electron chi connectivity index (χ0n) is 9.07. The van der Waals surface area contributed by atoms with Crippen molar-refractivity contribution in [2.24, 2.45) is 0 Å². The topological polar surface area (TPSA) is 56.1 Å². The Morgan fingerprint density at radius 1 is 1.53 bits per heavy atom. The summed E-state index contributed by atoms with van der Waals surface area (Å²) in [7, 11) is 0. The first kappa shape index (κ1) is 10.4. The molecular formula is C11H17N3O. The number of hydrogen-bond acceptors (Lipinski definition) is 3. The van der Waals surface area contributed by atoms with Crippen molar-refractivity contribution in [2.75, 3.05) is 6.54 Å². The zero-order valence-corrected chi connectivity index (χ0v) is 9.07. The summed E-state index contributed by atoms with van der Waals surface area (Å²) >= 11 is 0. The summed E-state index contributed by atoms with van der Waals surface area (Å²) in [6.45, 7) is 2.90. The van der Waals surface area contributed by atoms with Gasteiger partial charge in [0.05, 0.1) is 12.5 Å². The summed E-state index contributed by atoms with van der Waals surface area (Å²) in [6.07, 6.45) is 3.66. The lowest BCUT2D eigenvalue weighted by Crippen LogP contribution is -2.48. The minimum absolute atomic E-state index is 0.0350. The predicted molar refractivity (Wildman–Crippen MR) is 56.0 cm³/mol. The molecule has 2 fully saturated rings. The Kier molecular flexibility index (Phi) is 2.92. The molecule has 4 heteroatoms. The number of amides is 1. The SMILES string of the molecule is CC1CCNC(=O)C(CC#N)N1C1CC1. The zero-order chi connectivity index (χ0) is 10.8. The van der Waals surface area contributed by atoms with Crippen molar-refractivity contribution >= 4 is 5.91 Å². The highest BCUT2D eigenvalue weighted by atomic mass is 16.2. The van der Waals surface area contributed by atoms with Crippen molar-refractivity contribution in [3.63, 3.8) is 0 Å². The van der Waals surface area contributed by atoms with Crippen LogP contribution < -0.4 is 5.32 Å². The van der Waals surface area contributed by atoms with Crippen LogP contribution in [-0.4, -0.2) is 35.5 Å². The van der Waals surface area contributed by atoms with Crippen molar-refractivity contribution in [2.45, 2.75) is 50.7 Å². The van der Waals surface area contributed by atoms with Crippen molar-refractivity contribution in [1.29, 1.82) is 5.26 Å². The van der Waals surface area contributed by atoms with Crippen molar-refractivity contribution in [3.8, 4) is 6.07 Å².